The first-order chi connectivity index (χ1) is 11.8. The molecular formula is C18H30N2O4. The van der Waals surface area contributed by atoms with Gasteiger partial charge in [-0.2, -0.15) is 0 Å². The van der Waals surface area contributed by atoms with Crippen LogP contribution < -0.4 is 15.4 Å². The van der Waals surface area contributed by atoms with E-state index < -0.39 is 0 Å². The number of carbonyl (C=O) groups is 1. The van der Waals surface area contributed by atoms with Gasteiger partial charge in [0.25, 0.3) is 0 Å². The van der Waals surface area contributed by atoms with Crippen molar-refractivity contribution < 1.29 is 19.0 Å². The molecule has 6 heteroatoms. The van der Waals surface area contributed by atoms with Gasteiger partial charge in [0.1, 0.15) is 5.75 Å². The van der Waals surface area contributed by atoms with Gasteiger partial charge in [0.2, 0.25) is 5.91 Å². The predicted molar refractivity (Wildman–Crippen MR) is 95.7 cm³/mol. The van der Waals surface area contributed by atoms with Gasteiger partial charge in [-0.1, -0.05) is 19.9 Å². The molecule has 0 aliphatic carbocycles. The minimum atomic E-state index is -0.0734. The molecule has 6 nitrogen and oxygen atoms in total. The first-order valence-corrected chi connectivity index (χ1v) is 8.65. The average Bonchev–Trinajstić information content (AvgIpc) is 2.59. The standard InChI is InChI=1S/C18H30N2O4/c1-3-10-24-17-7-5-6-16(15-17)20-18(21)8-11-22-13-14-23-12-9-19-4-2/h5-7,15,19H,3-4,8-14H2,1-2H3,(H,20,21). The number of carbonyl (C=O) groups excluding carboxylic acids is 1. The largest absolute Gasteiger partial charge is 0.494 e. The molecule has 0 unspecified atom stereocenters. The van der Waals surface area contributed by atoms with Crippen molar-refractivity contribution in [3.8, 4) is 5.75 Å². The van der Waals surface area contributed by atoms with E-state index in [2.05, 4.69) is 24.5 Å². The van der Waals surface area contributed by atoms with Crippen molar-refractivity contribution in [2.75, 3.05) is 51.4 Å². The van der Waals surface area contributed by atoms with Crippen LogP contribution in [0.2, 0.25) is 0 Å². The highest BCUT2D eigenvalue weighted by Crippen LogP contribution is 2.17. The van der Waals surface area contributed by atoms with E-state index in [9.17, 15) is 4.79 Å². The number of nitrogens with one attached hydrogen (secondary N) is 2. The molecule has 0 fully saturated rings. The number of likely N-dealkylation sites (N-methyl/N-ethyl adjacent to an activating group) is 1. The van der Waals surface area contributed by atoms with Crippen LogP contribution in [0.3, 0.4) is 0 Å². The van der Waals surface area contributed by atoms with Gasteiger partial charge in [0, 0.05) is 18.3 Å². The Bertz CT molecular complexity index is 454. The summed E-state index contributed by atoms with van der Waals surface area (Å²) in [6, 6.07) is 7.41. The third-order valence-corrected chi connectivity index (χ3v) is 3.11. The number of anilines is 1. The minimum Gasteiger partial charge on any atom is -0.494 e. The van der Waals surface area contributed by atoms with Crippen LogP contribution in [0.1, 0.15) is 26.7 Å². The van der Waals surface area contributed by atoms with E-state index in [0.29, 0.717) is 39.5 Å². The number of amides is 1. The third-order valence-electron chi connectivity index (χ3n) is 3.11. The molecule has 2 N–H and O–H groups in total. The lowest BCUT2D eigenvalue weighted by Gasteiger charge is -2.09. The van der Waals surface area contributed by atoms with E-state index in [-0.39, 0.29) is 5.91 Å². The van der Waals surface area contributed by atoms with E-state index in [1.165, 1.54) is 0 Å². The number of benzene rings is 1. The molecular weight excluding hydrogens is 308 g/mol. The number of hydrogen-bond donors (Lipinski definition) is 2. The lowest BCUT2D eigenvalue weighted by atomic mass is 10.3. The van der Waals surface area contributed by atoms with E-state index in [1.807, 2.05) is 24.3 Å². The maximum atomic E-state index is 11.9. The normalized spacial score (nSPS) is 10.6. The smallest absolute Gasteiger partial charge is 0.226 e. The van der Waals surface area contributed by atoms with Crippen molar-refractivity contribution >= 4 is 11.6 Å². The van der Waals surface area contributed by atoms with Gasteiger partial charge < -0.3 is 24.8 Å². The summed E-state index contributed by atoms with van der Waals surface area (Å²) in [6.07, 6.45) is 1.27. The Hall–Kier alpha value is -1.63. The van der Waals surface area contributed by atoms with Crippen LogP contribution in [0.25, 0.3) is 0 Å². The Morgan fingerprint density at radius 3 is 2.58 bits per heavy atom. The first-order valence-electron chi connectivity index (χ1n) is 8.65. The van der Waals surface area contributed by atoms with Gasteiger partial charge >= 0.3 is 0 Å². The second-order valence-corrected chi connectivity index (χ2v) is 5.25. The molecule has 24 heavy (non-hydrogen) atoms. The molecule has 1 aromatic rings. The van der Waals surface area contributed by atoms with Gasteiger partial charge in [0.05, 0.1) is 39.5 Å². The monoisotopic (exact) mass is 338 g/mol. The van der Waals surface area contributed by atoms with Crippen LogP contribution in [-0.2, 0) is 14.3 Å². The lowest BCUT2D eigenvalue weighted by molar-refractivity contribution is -0.117. The molecule has 0 aliphatic heterocycles. The zero-order valence-corrected chi connectivity index (χ0v) is 14.8. The average molecular weight is 338 g/mol. The molecule has 0 bridgehead atoms. The van der Waals surface area contributed by atoms with Gasteiger partial charge in [-0.05, 0) is 25.1 Å². The van der Waals surface area contributed by atoms with Crippen molar-refractivity contribution in [2.24, 2.45) is 0 Å². The maximum Gasteiger partial charge on any atom is 0.226 e. The second kappa shape index (κ2) is 13.8. The van der Waals surface area contributed by atoms with Gasteiger partial charge in [0.15, 0.2) is 0 Å². The van der Waals surface area contributed by atoms with Crippen molar-refractivity contribution in [1.82, 2.24) is 5.32 Å². The highest BCUT2D eigenvalue weighted by Gasteiger charge is 2.03. The first kappa shape index (κ1) is 20.4. The Labute approximate surface area is 144 Å². The molecule has 0 atom stereocenters. The van der Waals surface area contributed by atoms with Crippen LogP contribution in [0, 0.1) is 0 Å². The van der Waals surface area contributed by atoms with Crippen molar-refractivity contribution in [3.05, 3.63) is 24.3 Å². The lowest BCUT2D eigenvalue weighted by Crippen LogP contribution is -2.20. The summed E-state index contributed by atoms with van der Waals surface area (Å²) in [5.74, 6) is 0.691. The van der Waals surface area contributed by atoms with Crippen LogP contribution in [0.4, 0.5) is 5.69 Å². The van der Waals surface area contributed by atoms with Crippen LogP contribution in [-0.4, -0.2) is 52.0 Å². The summed E-state index contributed by atoms with van der Waals surface area (Å²) >= 11 is 0. The second-order valence-electron chi connectivity index (χ2n) is 5.25. The summed E-state index contributed by atoms with van der Waals surface area (Å²) < 4.78 is 16.3. The summed E-state index contributed by atoms with van der Waals surface area (Å²) in [6.45, 7) is 8.68. The third kappa shape index (κ3) is 10.2. The van der Waals surface area contributed by atoms with Crippen LogP contribution in [0.15, 0.2) is 24.3 Å². The van der Waals surface area contributed by atoms with Crippen molar-refractivity contribution in [3.63, 3.8) is 0 Å². The van der Waals surface area contributed by atoms with Crippen LogP contribution >= 0.6 is 0 Å². The number of hydrogen-bond acceptors (Lipinski definition) is 5. The van der Waals surface area contributed by atoms with E-state index in [1.54, 1.807) is 0 Å². The Morgan fingerprint density at radius 1 is 1.04 bits per heavy atom. The SMILES string of the molecule is CCCOc1cccc(NC(=O)CCOCCOCCNCC)c1. The molecule has 0 aromatic heterocycles. The van der Waals surface area contributed by atoms with Gasteiger partial charge in [-0.15, -0.1) is 0 Å². The Kier molecular flexibility index (Phi) is 11.7. The fraction of sp³-hybridized carbons (Fsp3) is 0.611. The van der Waals surface area contributed by atoms with E-state index in [0.717, 1.165) is 30.9 Å². The maximum absolute atomic E-state index is 11.9. The molecule has 0 saturated heterocycles. The summed E-state index contributed by atoms with van der Waals surface area (Å²) in [5, 5.41) is 6.02. The summed E-state index contributed by atoms with van der Waals surface area (Å²) in [5.41, 5.74) is 0.736. The quantitative estimate of drug-likeness (QED) is 0.510. The zero-order valence-electron chi connectivity index (χ0n) is 14.8. The fourth-order valence-electron chi connectivity index (χ4n) is 1.91. The zero-order chi connectivity index (χ0) is 17.5. The summed E-state index contributed by atoms with van der Waals surface area (Å²) in [4.78, 5) is 11.9. The van der Waals surface area contributed by atoms with Crippen LogP contribution in [0.5, 0.6) is 5.75 Å². The van der Waals surface area contributed by atoms with Crippen molar-refractivity contribution in [1.29, 1.82) is 0 Å². The molecule has 0 aliphatic rings. The molecule has 1 aromatic carbocycles. The number of ether oxygens (including phenoxy) is 3. The number of rotatable bonds is 14. The molecule has 0 heterocycles. The highest BCUT2D eigenvalue weighted by atomic mass is 16.5. The van der Waals surface area contributed by atoms with Gasteiger partial charge in [-0.3, -0.25) is 4.79 Å². The van der Waals surface area contributed by atoms with Crippen molar-refractivity contribution in [2.45, 2.75) is 26.7 Å². The Morgan fingerprint density at radius 2 is 1.83 bits per heavy atom. The molecule has 0 spiro atoms. The van der Waals surface area contributed by atoms with E-state index >= 15 is 0 Å². The topological polar surface area (TPSA) is 68.8 Å². The molecule has 1 rings (SSSR count). The minimum absolute atomic E-state index is 0.0734. The highest BCUT2D eigenvalue weighted by molar-refractivity contribution is 5.90. The van der Waals surface area contributed by atoms with E-state index in [4.69, 9.17) is 14.2 Å². The molecule has 0 radical (unpaired) electrons. The fourth-order valence-corrected chi connectivity index (χ4v) is 1.91. The molecule has 1 amide bonds. The molecule has 0 saturated carbocycles. The summed E-state index contributed by atoms with van der Waals surface area (Å²) in [7, 11) is 0. The van der Waals surface area contributed by atoms with Gasteiger partial charge in [-0.25, -0.2) is 0 Å². The Balaban J connectivity index is 2.09. The predicted octanol–water partition coefficient (Wildman–Crippen LogP) is 2.45. The molecule has 136 valence electrons.